The van der Waals surface area contributed by atoms with Crippen molar-refractivity contribution >= 4 is 17.9 Å². The van der Waals surface area contributed by atoms with Crippen molar-refractivity contribution in [3.05, 3.63) is 35.4 Å². The van der Waals surface area contributed by atoms with E-state index in [0.29, 0.717) is 17.5 Å². The van der Waals surface area contributed by atoms with Gasteiger partial charge in [-0.1, -0.05) is 19.1 Å². The number of carbonyl (C=O) groups excluding carboxylic acids is 2. The van der Waals surface area contributed by atoms with Gasteiger partial charge >= 0.3 is 6.09 Å². The average Bonchev–Trinajstić information content (AvgIpc) is 3.30. The van der Waals surface area contributed by atoms with Gasteiger partial charge in [0, 0.05) is 0 Å². The first kappa shape index (κ1) is 14.6. The van der Waals surface area contributed by atoms with Crippen LogP contribution in [-0.2, 0) is 0 Å². The largest absolute Gasteiger partial charge is 0.465 e. The van der Waals surface area contributed by atoms with Crippen molar-refractivity contribution in [1.82, 2.24) is 10.2 Å². The molecule has 2 aliphatic rings. The fraction of sp³-hybridized carbons (Fsp3) is 0.438. The normalized spacial score (nSPS) is 19.8. The Balaban J connectivity index is 1.95. The van der Waals surface area contributed by atoms with Gasteiger partial charge in [0.1, 0.15) is 0 Å². The zero-order valence-corrected chi connectivity index (χ0v) is 12.3. The van der Waals surface area contributed by atoms with Gasteiger partial charge in [0.15, 0.2) is 0 Å². The number of nitrogens with zero attached hydrogens (tertiary/aromatic N) is 1. The van der Waals surface area contributed by atoms with Crippen LogP contribution >= 0.6 is 0 Å². The molecule has 1 aromatic carbocycles. The minimum atomic E-state index is -1.13. The summed E-state index contributed by atoms with van der Waals surface area (Å²) in [6, 6.07) is 5.90. The molecule has 1 heterocycles. The lowest BCUT2D eigenvalue weighted by Gasteiger charge is -2.32. The van der Waals surface area contributed by atoms with E-state index in [2.05, 4.69) is 5.32 Å². The second-order valence-electron chi connectivity index (χ2n) is 5.82. The lowest BCUT2D eigenvalue weighted by molar-refractivity contribution is 0.0516. The number of hydrogen-bond acceptors (Lipinski definition) is 3. The molecule has 1 saturated carbocycles. The first-order valence-corrected chi connectivity index (χ1v) is 7.51. The third-order valence-corrected chi connectivity index (χ3v) is 4.39. The van der Waals surface area contributed by atoms with E-state index in [9.17, 15) is 14.4 Å². The molecule has 0 radical (unpaired) electrons. The summed E-state index contributed by atoms with van der Waals surface area (Å²) in [5.41, 5.74) is 0.812. The Morgan fingerprint density at radius 2 is 1.82 bits per heavy atom. The van der Waals surface area contributed by atoms with Crippen LogP contribution in [0.2, 0.25) is 0 Å². The predicted octanol–water partition coefficient (Wildman–Crippen LogP) is 2.11. The fourth-order valence-corrected chi connectivity index (χ4v) is 3.22. The number of amides is 3. The highest BCUT2D eigenvalue weighted by Gasteiger charge is 2.48. The maximum absolute atomic E-state index is 12.6. The first-order chi connectivity index (χ1) is 10.5. The number of carbonyl (C=O) groups is 3. The summed E-state index contributed by atoms with van der Waals surface area (Å²) in [4.78, 5) is 37.5. The summed E-state index contributed by atoms with van der Waals surface area (Å²) >= 11 is 0. The number of nitrogens with one attached hydrogen (secondary N) is 1. The molecule has 3 amide bonds. The quantitative estimate of drug-likeness (QED) is 0.816. The van der Waals surface area contributed by atoms with Crippen LogP contribution in [0.3, 0.4) is 0 Å². The van der Waals surface area contributed by atoms with E-state index < -0.39 is 18.2 Å². The van der Waals surface area contributed by atoms with E-state index in [0.717, 1.165) is 12.8 Å². The smallest absolute Gasteiger partial charge is 0.404 e. The van der Waals surface area contributed by atoms with Gasteiger partial charge in [-0.3, -0.25) is 14.5 Å². The van der Waals surface area contributed by atoms with Crippen molar-refractivity contribution in [2.24, 2.45) is 5.92 Å². The highest BCUT2D eigenvalue weighted by Crippen LogP contribution is 2.40. The van der Waals surface area contributed by atoms with E-state index in [1.54, 1.807) is 24.3 Å². The van der Waals surface area contributed by atoms with Crippen molar-refractivity contribution in [3.63, 3.8) is 0 Å². The van der Waals surface area contributed by atoms with E-state index in [-0.39, 0.29) is 17.7 Å². The minimum Gasteiger partial charge on any atom is -0.465 e. The Hall–Kier alpha value is -2.37. The summed E-state index contributed by atoms with van der Waals surface area (Å²) in [5.74, 6) is -0.453. The Kier molecular flexibility index (Phi) is 3.60. The second-order valence-corrected chi connectivity index (χ2v) is 5.82. The molecule has 6 heteroatoms. The number of benzene rings is 1. The van der Waals surface area contributed by atoms with Crippen LogP contribution in [0, 0.1) is 5.92 Å². The summed E-state index contributed by atoms with van der Waals surface area (Å²) in [6.45, 7) is 1.86. The van der Waals surface area contributed by atoms with Crippen LogP contribution in [0.15, 0.2) is 24.3 Å². The van der Waals surface area contributed by atoms with Crippen LogP contribution in [0.4, 0.5) is 4.79 Å². The summed E-state index contributed by atoms with van der Waals surface area (Å²) in [6.07, 6.45) is 1.22. The number of imide groups is 1. The Morgan fingerprint density at radius 3 is 2.23 bits per heavy atom. The third kappa shape index (κ3) is 2.34. The molecule has 2 atom stereocenters. The monoisotopic (exact) mass is 302 g/mol. The average molecular weight is 302 g/mol. The van der Waals surface area contributed by atoms with Gasteiger partial charge in [0.2, 0.25) is 0 Å². The first-order valence-electron chi connectivity index (χ1n) is 7.51. The van der Waals surface area contributed by atoms with Crippen molar-refractivity contribution in [3.8, 4) is 0 Å². The lowest BCUT2D eigenvalue weighted by atomic mass is 9.99. The van der Waals surface area contributed by atoms with E-state index in [1.807, 2.05) is 6.92 Å². The van der Waals surface area contributed by atoms with E-state index in [4.69, 9.17) is 5.11 Å². The van der Waals surface area contributed by atoms with Crippen molar-refractivity contribution in [1.29, 1.82) is 0 Å². The van der Waals surface area contributed by atoms with Gasteiger partial charge < -0.3 is 10.4 Å². The molecular formula is C16H18N2O4. The molecule has 116 valence electrons. The molecule has 0 bridgehead atoms. The fourth-order valence-electron chi connectivity index (χ4n) is 3.22. The van der Waals surface area contributed by atoms with Crippen LogP contribution in [-0.4, -0.2) is 40.0 Å². The van der Waals surface area contributed by atoms with Gasteiger partial charge in [-0.05, 0) is 37.3 Å². The molecular weight excluding hydrogens is 284 g/mol. The molecule has 1 aliphatic carbocycles. The van der Waals surface area contributed by atoms with Crippen LogP contribution in [0.1, 0.15) is 46.9 Å². The molecule has 1 aromatic rings. The van der Waals surface area contributed by atoms with Gasteiger partial charge in [0.25, 0.3) is 11.8 Å². The summed E-state index contributed by atoms with van der Waals surface area (Å²) in [5, 5.41) is 11.5. The van der Waals surface area contributed by atoms with Gasteiger partial charge in [-0.15, -0.1) is 0 Å². The maximum Gasteiger partial charge on any atom is 0.404 e. The molecule has 0 saturated heterocycles. The topological polar surface area (TPSA) is 86.7 Å². The summed E-state index contributed by atoms with van der Waals surface area (Å²) < 4.78 is 0. The predicted molar refractivity (Wildman–Crippen MR) is 78.7 cm³/mol. The number of hydrogen-bond donors (Lipinski definition) is 2. The molecule has 1 fully saturated rings. The molecule has 22 heavy (non-hydrogen) atoms. The standard InChI is InChI=1S/C16H18N2O4/c1-2-12(17-16(21)22)13(9-7-8-9)18-14(19)10-5-3-4-6-11(10)15(18)20/h3-6,9,12-13,17H,2,7-8H2,1H3,(H,21,22)/t12-,13-/m0/s1. The maximum atomic E-state index is 12.6. The highest BCUT2D eigenvalue weighted by molar-refractivity contribution is 6.21. The lowest BCUT2D eigenvalue weighted by Crippen LogP contribution is -2.54. The molecule has 1 aliphatic heterocycles. The van der Waals surface area contributed by atoms with Crippen molar-refractivity contribution in [2.75, 3.05) is 0 Å². The number of fused-ring (bicyclic) bond motifs is 1. The zero-order chi connectivity index (χ0) is 15.9. The third-order valence-electron chi connectivity index (χ3n) is 4.39. The van der Waals surface area contributed by atoms with E-state index >= 15 is 0 Å². The zero-order valence-electron chi connectivity index (χ0n) is 12.3. The SMILES string of the molecule is CC[C@H](NC(=O)O)[C@H](C1CC1)N1C(=O)c2ccccc2C1=O. The molecule has 0 unspecified atom stereocenters. The highest BCUT2D eigenvalue weighted by atomic mass is 16.4. The second kappa shape index (κ2) is 5.44. The van der Waals surface area contributed by atoms with Gasteiger partial charge in [-0.25, -0.2) is 4.79 Å². The Labute approximate surface area is 128 Å². The number of rotatable bonds is 5. The Morgan fingerprint density at radius 1 is 1.27 bits per heavy atom. The van der Waals surface area contributed by atoms with Gasteiger partial charge in [0.05, 0.1) is 23.2 Å². The molecule has 6 nitrogen and oxygen atoms in total. The number of carboxylic acid groups (broad SMARTS) is 1. The van der Waals surface area contributed by atoms with Crippen LogP contribution in [0.5, 0.6) is 0 Å². The molecule has 3 rings (SSSR count). The van der Waals surface area contributed by atoms with Crippen molar-refractivity contribution < 1.29 is 19.5 Å². The van der Waals surface area contributed by atoms with E-state index in [1.165, 1.54) is 4.90 Å². The minimum absolute atomic E-state index is 0.180. The van der Waals surface area contributed by atoms with Crippen molar-refractivity contribution in [2.45, 2.75) is 38.3 Å². The molecule has 0 spiro atoms. The van der Waals surface area contributed by atoms with Crippen LogP contribution < -0.4 is 5.32 Å². The van der Waals surface area contributed by atoms with Crippen LogP contribution in [0.25, 0.3) is 0 Å². The Bertz CT molecular complexity index is 604. The molecule has 2 N–H and O–H groups in total. The van der Waals surface area contributed by atoms with Gasteiger partial charge in [-0.2, -0.15) is 0 Å². The summed E-state index contributed by atoms with van der Waals surface area (Å²) in [7, 11) is 0. The molecule has 0 aromatic heterocycles.